The predicted octanol–water partition coefficient (Wildman–Crippen LogP) is 7.65. The highest BCUT2D eigenvalue weighted by atomic mass is 32.4. The topological polar surface area (TPSA) is 18.5 Å². The van der Waals surface area contributed by atoms with Crippen LogP contribution in [0.15, 0.2) is 127 Å². The van der Waals surface area contributed by atoms with E-state index < -0.39 is 6.04 Å². The van der Waals surface area contributed by atoms with Crippen LogP contribution in [0.5, 0.6) is 23.0 Å². The molecule has 36 heavy (non-hydrogen) atoms. The van der Waals surface area contributed by atoms with Crippen LogP contribution in [0.3, 0.4) is 0 Å². The standard InChI is InChI=1S/C32H21O2PS/c36-35(23-12-3-1-4-13-23,24-14-5-2-6-15-24)30-21-29-32(27-18-10-9-17-26(27)30)34-31-25-16-8-7-11-22(25)19-20-28(31)33-29/h1-21H. The van der Waals surface area contributed by atoms with Gasteiger partial charge in [-0.1, -0.05) is 127 Å². The number of fused-ring (bicyclic) bond motifs is 6. The molecule has 0 amide bonds. The van der Waals surface area contributed by atoms with Gasteiger partial charge in [0.15, 0.2) is 23.0 Å². The maximum atomic E-state index is 6.69. The van der Waals surface area contributed by atoms with E-state index in [0.29, 0.717) is 5.75 Å². The van der Waals surface area contributed by atoms with E-state index in [2.05, 4.69) is 91.0 Å². The van der Waals surface area contributed by atoms with Crippen molar-refractivity contribution >= 4 is 55.3 Å². The lowest BCUT2D eigenvalue weighted by Crippen LogP contribution is -2.25. The van der Waals surface area contributed by atoms with Crippen LogP contribution < -0.4 is 25.4 Å². The highest BCUT2D eigenvalue weighted by Crippen LogP contribution is 2.54. The molecule has 0 aliphatic carbocycles. The zero-order chi connectivity index (χ0) is 24.1. The molecule has 7 rings (SSSR count). The second-order valence-electron chi connectivity index (χ2n) is 8.87. The summed E-state index contributed by atoms with van der Waals surface area (Å²) in [5.74, 6) is 2.91. The molecule has 0 bridgehead atoms. The molecule has 1 aliphatic heterocycles. The first kappa shape index (κ1) is 21.4. The first-order chi connectivity index (χ1) is 17.7. The third-order valence-corrected chi connectivity index (χ3v) is 11.7. The highest BCUT2D eigenvalue weighted by molar-refractivity contribution is 8.25. The number of benzene rings is 6. The van der Waals surface area contributed by atoms with Crippen molar-refractivity contribution in [1.82, 2.24) is 0 Å². The van der Waals surface area contributed by atoms with Crippen molar-refractivity contribution in [3.63, 3.8) is 0 Å². The van der Waals surface area contributed by atoms with Gasteiger partial charge in [-0.05, 0) is 33.5 Å². The average molecular weight is 501 g/mol. The second kappa shape index (κ2) is 8.34. The third-order valence-electron chi connectivity index (χ3n) is 6.79. The van der Waals surface area contributed by atoms with Gasteiger partial charge in [0.05, 0.1) is 0 Å². The molecule has 0 aromatic heterocycles. The van der Waals surface area contributed by atoms with Gasteiger partial charge in [-0.15, -0.1) is 0 Å². The van der Waals surface area contributed by atoms with E-state index in [1.807, 2.05) is 36.4 Å². The largest absolute Gasteiger partial charge is 0.449 e. The highest BCUT2D eigenvalue weighted by Gasteiger charge is 2.31. The van der Waals surface area contributed by atoms with Crippen molar-refractivity contribution in [3.05, 3.63) is 127 Å². The van der Waals surface area contributed by atoms with Gasteiger partial charge in [0.25, 0.3) is 0 Å². The summed E-state index contributed by atoms with van der Waals surface area (Å²) < 4.78 is 13.2. The number of hydrogen-bond acceptors (Lipinski definition) is 3. The molecule has 6 aromatic carbocycles. The zero-order valence-corrected chi connectivity index (χ0v) is 21.0. The molecule has 0 atom stereocenters. The maximum Gasteiger partial charge on any atom is 0.178 e. The maximum absolute atomic E-state index is 6.69. The minimum absolute atomic E-state index is 0.701. The van der Waals surface area contributed by atoms with Crippen LogP contribution in [0, 0.1) is 0 Å². The van der Waals surface area contributed by atoms with Crippen molar-refractivity contribution < 1.29 is 9.47 Å². The summed E-state index contributed by atoms with van der Waals surface area (Å²) in [5.41, 5.74) is 0. The lowest BCUT2D eigenvalue weighted by Gasteiger charge is -2.29. The van der Waals surface area contributed by atoms with Gasteiger partial charge in [-0.2, -0.15) is 0 Å². The Morgan fingerprint density at radius 1 is 0.472 bits per heavy atom. The average Bonchev–Trinajstić information content (AvgIpc) is 2.96. The molecular weight excluding hydrogens is 479 g/mol. The van der Waals surface area contributed by atoms with Crippen molar-refractivity contribution in [3.8, 4) is 23.0 Å². The Morgan fingerprint density at radius 2 is 1.03 bits per heavy atom. The van der Waals surface area contributed by atoms with E-state index >= 15 is 0 Å². The normalized spacial score (nSPS) is 12.4. The number of hydrogen-bond donors (Lipinski definition) is 0. The van der Waals surface area contributed by atoms with Gasteiger partial charge < -0.3 is 9.47 Å². The summed E-state index contributed by atoms with van der Waals surface area (Å²) >= 11 is 6.69. The van der Waals surface area contributed by atoms with E-state index in [4.69, 9.17) is 21.3 Å². The van der Waals surface area contributed by atoms with E-state index in [9.17, 15) is 0 Å². The molecule has 1 aliphatic rings. The Labute approximate surface area is 214 Å². The van der Waals surface area contributed by atoms with Gasteiger partial charge in [0, 0.05) is 22.1 Å². The molecule has 0 fully saturated rings. The lowest BCUT2D eigenvalue weighted by molar-refractivity contribution is 0.367. The van der Waals surface area contributed by atoms with Crippen LogP contribution in [-0.4, -0.2) is 0 Å². The van der Waals surface area contributed by atoms with Crippen LogP contribution in [0.1, 0.15) is 0 Å². The van der Waals surface area contributed by atoms with Crippen LogP contribution in [0.4, 0.5) is 0 Å². The molecule has 172 valence electrons. The Balaban J connectivity index is 1.52. The van der Waals surface area contributed by atoms with Crippen molar-refractivity contribution in [2.75, 3.05) is 0 Å². The Hall–Kier alpha value is -3.91. The lowest BCUT2D eigenvalue weighted by atomic mass is 10.1. The van der Waals surface area contributed by atoms with Gasteiger partial charge in [-0.3, -0.25) is 0 Å². The molecular formula is C32H21O2PS. The molecule has 0 unspecified atom stereocenters. The molecule has 4 heteroatoms. The summed E-state index contributed by atoms with van der Waals surface area (Å²) in [4.78, 5) is 0. The quantitative estimate of drug-likeness (QED) is 0.232. The first-order valence-electron chi connectivity index (χ1n) is 11.9. The molecule has 2 nitrogen and oxygen atoms in total. The van der Waals surface area contributed by atoms with E-state index in [1.54, 1.807) is 0 Å². The van der Waals surface area contributed by atoms with Gasteiger partial charge in [0.1, 0.15) is 0 Å². The smallest absolute Gasteiger partial charge is 0.178 e. The van der Waals surface area contributed by atoms with E-state index in [0.717, 1.165) is 54.7 Å². The summed E-state index contributed by atoms with van der Waals surface area (Å²) in [6.07, 6.45) is 0. The Kier molecular flexibility index (Phi) is 4.95. The molecule has 0 spiro atoms. The Morgan fingerprint density at radius 3 is 1.72 bits per heavy atom. The van der Waals surface area contributed by atoms with Gasteiger partial charge in [0.2, 0.25) is 0 Å². The summed E-state index contributed by atoms with van der Waals surface area (Å²) in [7, 11) is 0. The van der Waals surface area contributed by atoms with Crippen LogP contribution in [0.2, 0.25) is 0 Å². The van der Waals surface area contributed by atoms with Crippen molar-refractivity contribution in [2.45, 2.75) is 0 Å². The fraction of sp³-hybridized carbons (Fsp3) is 0. The van der Waals surface area contributed by atoms with Crippen molar-refractivity contribution in [1.29, 1.82) is 0 Å². The fourth-order valence-corrected chi connectivity index (χ4v) is 9.13. The van der Waals surface area contributed by atoms with Crippen LogP contribution in [-0.2, 0) is 11.8 Å². The van der Waals surface area contributed by atoms with Crippen LogP contribution >= 0.6 is 6.04 Å². The molecule has 6 aromatic rings. The minimum Gasteiger partial charge on any atom is -0.449 e. The zero-order valence-electron chi connectivity index (χ0n) is 19.3. The second-order valence-corrected chi connectivity index (χ2v) is 13.2. The molecule has 0 N–H and O–H groups in total. The summed E-state index contributed by atoms with van der Waals surface area (Å²) in [6.45, 7) is 0. The van der Waals surface area contributed by atoms with Gasteiger partial charge in [-0.25, -0.2) is 0 Å². The monoisotopic (exact) mass is 500 g/mol. The summed E-state index contributed by atoms with van der Waals surface area (Å²) in [6, 6.07) is 41.4. The minimum atomic E-state index is -2.39. The SMILES string of the molecule is S=P(c1ccccc1)(c1ccccc1)c1cc2c(c3ccccc13)Oc1c(ccc3ccccc13)O2. The van der Waals surface area contributed by atoms with Crippen LogP contribution in [0.25, 0.3) is 21.5 Å². The third kappa shape index (κ3) is 3.21. The van der Waals surface area contributed by atoms with E-state index in [-0.39, 0.29) is 0 Å². The number of ether oxygens (including phenoxy) is 2. The molecule has 1 heterocycles. The number of rotatable bonds is 3. The summed E-state index contributed by atoms with van der Waals surface area (Å²) in [5, 5.41) is 7.67. The fourth-order valence-electron chi connectivity index (χ4n) is 5.08. The Bertz CT molecular complexity index is 1770. The molecule has 0 saturated carbocycles. The first-order valence-corrected chi connectivity index (χ1v) is 14.7. The molecule has 0 saturated heterocycles. The van der Waals surface area contributed by atoms with Gasteiger partial charge >= 0.3 is 0 Å². The predicted molar refractivity (Wildman–Crippen MR) is 154 cm³/mol. The molecule has 0 radical (unpaired) electrons. The van der Waals surface area contributed by atoms with E-state index in [1.165, 1.54) is 0 Å². The van der Waals surface area contributed by atoms with Crippen molar-refractivity contribution in [2.24, 2.45) is 0 Å².